The number of hydrogen-bond donors (Lipinski definition) is 1. The highest BCUT2D eigenvalue weighted by atomic mass is 14.8. The van der Waals surface area contributed by atoms with Crippen molar-refractivity contribution in [1.29, 1.82) is 0 Å². The van der Waals surface area contributed by atoms with Gasteiger partial charge in [0, 0.05) is 18.1 Å². The summed E-state index contributed by atoms with van der Waals surface area (Å²) in [6.45, 7) is 1.75. The topological polar surface area (TPSA) is 38.4 Å². The van der Waals surface area contributed by atoms with Crippen LogP contribution in [0.3, 0.4) is 0 Å². The van der Waals surface area contributed by atoms with Gasteiger partial charge in [0.25, 0.3) is 0 Å². The predicted octanol–water partition coefficient (Wildman–Crippen LogP) is 4.70. The smallest absolute Gasteiger partial charge is 0.0576 e. The molecule has 1 aliphatic heterocycles. The number of fused-ring (bicyclic) bond motifs is 1. The zero-order chi connectivity index (χ0) is 17.5. The van der Waals surface area contributed by atoms with E-state index < -0.39 is 0 Å². The zero-order valence-electron chi connectivity index (χ0n) is 15.8. The van der Waals surface area contributed by atoms with Crippen LogP contribution in [0.25, 0.3) is 0 Å². The van der Waals surface area contributed by atoms with Crippen LogP contribution in [0.1, 0.15) is 38.5 Å². The van der Waals surface area contributed by atoms with Crippen molar-refractivity contribution in [3.05, 3.63) is 47.6 Å². The van der Waals surface area contributed by atoms with Crippen LogP contribution in [-0.4, -0.2) is 19.3 Å². The van der Waals surface area contributed by atoms with Gasteiger partial charge in [-0.05, 0) is 79.4 Å². The van der Waals surface area contributed by atoms with Gasteiger partial charge in [0.05, 0.1) is 6.54 Å². The maximum absolute atomic E-state index is 5.61. The van der Waals surface area contributed by atoms with Crippen LogP contribution < -0.4 is 5.73 Å². The van der Waals surface area contributed by atoms with Crippen LogP contribution in [0.4, 0.5) is 0 Å². The first-order chi connectivity index (χ1) is 12.9. The zero-order valence-corrected chi connectivity index (χ0v) is 15.8. The molecule has 0 saturated heterocycles. The van der Waals surface area contributed by atoms with E-state index in [9.17, 15) is 0 Å². The van der Waals surface area contributed by atoms with Crippen molar-refractivity contribution in [3.63, 3.8) is 0 Å². The SMILES string of the molecule is NCCCCC1C2C(C3C=CC(C4C=CC(C5=CCN=C5)CC4)=CC3)[C@H]12. The van der Waals surface area contributed by atoms with Crippen LogP contribution in [0.2, 0.25) is 0 Å². The molecule has 0 amide bonds. The van der Waals surface area contributed by atoms with Crippen molar-refractivity contribution in [3.8, 4) is 0 Å². The van der Waals surface area contributed by atoms with E-state index in [1.54, 1.807) is 5.57 Å². The fraction of sp³-hybridized carbons (Fsp3) is 0.625. The molecule has 2 N–H and O–H groups in total. The Kier molecular flexibility index (Phi) is 4.48. The lowest BCUT2D eigenvalue weighted by atomic mass is 9.78. The van der Waals surface area contributed by atoms with E-state index >= 15 is 0 Å². The van der Waals surface area contributed by atoms with Crippen molar-refractivity contribution in [1.82, 2.24) is 0 Å². The summed E-state index contributed by atoms with van der Waals surface area (Å²) in [4.78, 5) is 4.34. The number of nitrogens with zero attached hydrogens (tertiary/aromatic N) is 1. The van der Waals surface area contributed by atoms with Crippen molar-refractivity contribution in [2.75, 3.05) is 13.1 Å². The second-order valence-corrected chi connectivity index (χ2v) is 9.02. The van der Waals surface area contributed by atoms with Gasteiger partial charge >= 0.3 is 0 Å². The molecule has 0 aromatic heterocycles. The van der Waals surface area contributed by atoms with Gasteiger partial charge in [-0.15, -0.1) is 0 Å². The highest BCUT2D eigenvalue weighted by molar-refractivity contribution is 5.82. The normalized spacial score (nSPS) is 42.4. The van der Waals surface area contributed by atoms with E-state index in [4.69, 9.17) is 5.73 Å². The molecule has 2 heteroatoms. The van der Waals surface area contributed by atoms with E-state index in [1.807, 2.05) is 0 Å². The first-order valence-corrected chi connectivity index (χ1v) is 10.8. The second-order valence-electron chi connectivity index (χ2n) is 9.02. The van der Waals surface area contributed by atoms with Crippen molar-refractivity contribution < 1.29 is 0 Å². The molecular formula is C24H32N2. The Hall–Kier alpha value is -1.41. The van der Waals surface area contributed by atoms with E-state index in [2.05, 4.69) is 47.7 Å². The Morgan fingerprint density at radius 2 is 1.73 bits per heavy atom. The number of aliphatic imine (C=N–C) groups is 1. The molecule has 0 aromatic carbocycles. The van der Waals surface area contributed by atoms with Crippen LogP contribution in [-0.2, 0) is 0 Å². The first-order valence-electron chi connectivity index (χ1n) is 10.8. The summed E-state index contributed by atoms with van der Waals surface area (Å²) in [5.41, 5.74) is 8.61. The Morgan fingerprint density at radius 3 is 2.35 bits per heavy atom. The number of nitrogens with two attached hydrogens (primary N) is 1. The highest BCUT2D eigenvalue weighted by Crippen LogP contribution is 2.77. The second kappa shape index (κ2) is 6.96. The molecule has 2 nitrogen and oxygen atoms in total. The van der Waals surface area contributed by atoms with Crippen LogP contribution >= 0.6 is 0 Å². The third kappa shape index (κ3) is 3.07. The molecule has 5 aliphatic rings. The van der Waals surface area contributed by atoms with Crippen LogP contribution in [0.15, 0.2) is 52.6 Å². The van der Waals surface area contributed by atoms with Crippen molar-refractivity contribution in [2.45, 2.75) is 38.5 Å². The molecule has 0 spiro atoms. The Balaban J connectivity index is 1.10. The van der Waals surface area contributed by atoms with Gasteiger partial charge in [-0.1, -0.05) is 42.9 Å². The minimum Gasteiger partial charge on any atom is -0.330 e. The molecular weight excluding hydrogens is 316 g/mol. The van der Waals surface area contributed by atoms with Crippen LogP contribution in [0.5, 0.6) is 0 Å². The lowest BCUT2D eigenvalue weighted by molar-refractivity contribution is 0.361. The lowest BCUT2D eigenvalue weighted by Crippen LogP contribution is -2.16. The molecule has 5 rings (SSSR count). The molecule has 6 unspecified atom stereocenters. The fourth-order valence-electron chi connectivity index (χ4n) is 5.92. The first kappa shape index (κ1) is 16.7. The average Bonchev–Trinajstić information content (AvgIpc) is 3.52. The molecule has 2 fully saturated rings. The van der Waals surface area contributed by atoms with Gasteiger partial charge in [-0.2, -0.15) is 0 Å². The number of unbranched alkanes of at least 4 members (excludes halogenated alkanes) is 1. The molecule has 138 valence electrons. The monoisotopic (exact) mass is 348 g/mol. The number of allylic oxidation sites excluding steroid dienone is 7. The number of rotatable bonds is 7. The minimum atomic E-state index is 0.605. The van der Waals surface area contributed by atoms with Gasteiger partial charge in [0.1, 0.15) is 0 Å². The maximum atomic E-state index is 5.61. The van der Waals surface area contributed by atoms with Crippen LogP contribution in [0, 0.1) is 41.4 Å². The molecule has 2 saturated carbocycles. The van der Waals surface area contributed by atoms with E-state index in [0.717, 1.165) is 42.7 Å². The summed E-state index contributed by atoms with van der Waals surface area (Å²) in [5, 5.41) is 0. The van der Waals surface area contributed by atoms with Crippen molar-refractivity contribution >= 4 is 6.21 Å². The van der Waals surface area contributed by atoms with E-state index in [-0.39, 0.29) is 0 Å². The van der Waals surface area contributed by atoms with E-state index in [1.165, 1.54) is 44.1 Å². The summed E-state index contributed by atoms with van der Waals surface area (Å²) in [7, 11) is 0. The maximum Gasteiger partial charge on any atom is 0.0576 e. The average molecular weight is 349 g/mol. The van der Waals surface area contributed by atoms with Gasteiger partial charge in [0.15, 0.2) is 0 Å². The predicted molar refractivity (Wildman–Crippen MR) is 109 cm³/mol. The fourth-order valence-corrected chi connectivity index (χ4v) is 5.92. The third-order valence-corrected chi connectivity index (χ3v) is 7.58. The number of hydrogen-bond acceptors (Lipinski definition) is 2. The van der Waals surface area contributed by atoms with Gasteiger partial charge in [-0.3, -0.25) is 4.99 Å². The van der Waals surface area contributed by atoms with Gasteiger partial charge < -0.3 is 5.73 Å². The molecule has 7 atom stereocenters. The Labute approximate surface area is 158 Å². The molecule has 0 radical (unpaired) electrons. The highest BCUT2D eigenvalue weighted by Gasteiger charge is 2.73. The Morgan fingerprint density at radius 1 is 0.923 bits per heavy atom. The van der Waals surface area contributed by atoms with Gasteiger partial charge in [-0.25, -0.2) is 0 Å². The molecule has 4 aliphatic carbocycles. The lowest BCUT2D eigenvalue weighted by Gasteiger charge is -2.27. The summed E-state index contributed by atoms with van der Waals surface area (Å²) >= 11 is 0. The molecule has 1 heterocycles. The Bertz CT molecular complexity index is 685. The summed E-state index contributed by atoms with van der Waals surface area (Å²) < 4.78 is 0. The summed E-state index contributed by atoms with van der Waals surface area (Å²) in [6, 6.07) is 0. The summed E-state index contributed by atoms with van der Waals surface area (Å²) in [6.07, 6.45) is 24.6. The quantitative estimate of drug-likeness (QED) is 0.525. The molecule has 0 bridgehead atoms. The van der Waals surface area contributed by atoms with Crippen molar-refractivity contribution in [2.24, 2.45) is 52.2 Å². The van der Waals surface area contributed by atoms with Gasteiger partial charge in [0.2, 0.25) is 0 Å². The standard InChI is InChI=1S/C24H32N2/c25-13-2-1-3-21-23-22(24(21)23)19-10-8-17(9-11-19)16-4-6-18(7-5-16)20-12-14-26-15-20/h4,6,8-10,12,15-16,18-19,21-24H,1-3,5,7,11,13-14,25H2/t16?,18?,19?,21?,22?,23-,24?/m0/s1. The largest absolute Gasteiger partial charge is 0.330 e. The molecule has 26 heavy (non-hydrogen) atoms. The summed E-state index contributed by atoms with van der Waals surface area (Å²) in [5.74, 6) is 6.32. The minimum absolute atomic E-state index is 0.605. The van der Waals surface area contributed by atoms with E-state index in [0.29, 0.717) is 11.8 Å². The molecule has 0 aromatic rings. The third-order valence-electron chi connectivity index (χ3n) is 7.58.